The van der Waals surface area contributed by atoms with Gasteiger partial charge in [-0.25, -0.2) is 4.98 Å². The van der Waals surface area contributed by atoms with Crippen LogP contribution in [-0.2, 0) is 0 Å². The molecule has 0 saturated carbocycles. The van der Waals surface area contributed by atoms with E-state index < -0.39 is 12.1 Å². The Labute approximate surface area is 110 Å². The normalized spacial score (nSPS) is 13.5. The fourth-order valence-corrected chi connectivity index (χ4v) is 1.73. The number of nitrogens with one attached hydrogen (secondary N) is 1. The summed E-state index contributed by atoms with van der Waals surface area (Å²) in [4.78, 5) is 7.11. The highest BCUT2D eigenvalue weighted by Crippen LogP contribution is 2.22. The molecule has 102 valence electrons. The third kappa shape index (κ3) is 3.87. The monoisotopic (exact) mass is 264 g/mol. The van der Waals surface area contributed by atoms with Crippen molar-refractivity contribution in [3.63, 3.8) is 0 Å². The molecule has 0 aliphatic carbocycles. The van der Waals surface area contributed by atoms with Gasteiger partial charge in [-0.3, -0.25) is 0 Å². The number of aliphatic hydroxyl groups excluding tert-OH is 1. The molecule has 0 fully saturated rings. The smallest absolute Gasteiger partial charge is 0.275 e. The van der Waals surface area contributed by atoms with Gasteiger partial charge in [-0.1, -0.05) is 30.3 Å². The highest BCUT2D eigenvalue weighted by molar-refractivity contribution is 5.54. The van der Waals surface area contributed by atoms with Crippen molar-refractivity contribution in [2.45, 2.75) is 24.9 Å². The molecule has 2 rings (SSSR count). The van der Waals surface area contributed by atoms with Crippen molar-refractivity contribution in [2.75, 3.05) is 0 Å². The van der Waals surface area contributed by atoms with Crippen LogP contribution in [0.3, 0.4) is 0 Å². The first-order chi connectivity index (χ1) is 8.96. The summed E-state index contributed by atoms with van der Waals surface area (Å²) in [6.07, 6.45) is 0.185. The van der Waals surface area contributed by atoms with Crippen molar-refractivity contribution in [1.82, 2.24) is 9.97 Å². The minimum absolute atomic E-state index is 0.0000764. The molecule has 0 amide bonds. The summed E-state index contributed by atoms with van der Waals surface area (Å²) in [7, 11) is 0. The van der Waals surface area contributed by atoms with Crippen LogP contribution >= 0.6 is 0 Å². The second-order valence-corrected chi connectivity index (χ2v) is 4.38. The minimum atomic E-state index is -2.76. The number of aliphatic hydroxyl groups is 4. The molecule has 1 unspecified atom stereocenters. The molecule has 6 heteroatoms. The Bertz CT molecular complexity index is 519. The first kappa shape index (κ1) is 13.7. The SMILES string of the molecule is OC(CCC(O)(O)O)c1cnc(-c2ccccc2)[nH]1. The summed E-state index contributed by atoms with van der Waals surface area (Å²) >= 11 is 0. The van der Waals surface area contributed by atoms with Crippen molar-refractivity contribution in [1.29, 1.82) is 0 Å². The number of imidazole rings is 1. The first-order valence-corrected chi connectivity index (χ1v) is 5.91. The van der Waals surface area contributed by atoms with Crippen LogP contribution in [0, 0.1) is 0 Å². The first-order valence-electron chi connectivity index (χ1n) is 5.91. The fourth-order valence-electron chi connectivity index (χ4n) is 1.73. The maximum absolute atomic E-state index is 9.84. The fraction of sp³-hybridized carbons (Fsp3) is 0.308. The number of H-pyrrole nitrogens is 1. The summed E-state index contributed by atoms with van der Waals surface area (Å²) in [6.45, 7) is 0. The van der Waals surface area contributed by atoms with Gasteiger partial charge in [0.25, 0.3) is 5.97 Å². The Morgan fingerprint density at radius 3 is 2.47 bits per heavy atom. The molecule has 0 bridgehead atoms. The molecule has 1 heterocycles. The third-order valence-electron chi connectivity index (χ3n) is 2.75. The van der Waals surface area contributed by atoms with Gasteiger partial charge in [-0.15, -0.1) is 0 Å². The number of hydrogen-bond donors (Lipinski definition) is 5. The van der Waals surface area contributed by atoms with E-state index in [0.717, 1.165) is 5.56 Å². The van der Waals surface area contributed by atoms with E-state index in [1.54, 1.807) is 0 Å². The number of hydrogen-bond acceptors (Lipinski definition) is 5. The number of aromatic amines is 1. The van der Waals surface area contributed by atoms with Crippen LogP contribution in [0.15, 0.2) is 36.5 Å². The van der Waals surface area contributed by atoms with Gasteiger partial charge in [0.05, 0.1) is 18.0 Å². The molecule has 19 heavy (non-hydrogen) atoms. The van der Waals surface area contributed by atoms with Crippen molar-refractivity contribution in [3.05, 3.63) is 42.2 Å². The zero-order chi connectivity index (χ0) is 13.9. The summed E-state index contributed by atoms with van der Waals surface area (Å²) < 4.78 is 0. The Hall–Kier alpha value is -1.73. The van der Waals surface area contributed by atoms with E-state index in [4.69, 9.17) is 15.3 Å². The van der Waals surface area contributed by atoms with Crippen LogP contribution in [0.4, 0.5) is 0 Å². The van der Waals surface area contributed by atoms with E-state index >= 15 is 0 Å². The lowest BCUT2D eigenvalue weighted by atomic mass is 10.1. The highest BCUT2D eigenvalue weighted by Gasteiger charge is 2.21. The summed E-state index contributed by atoms with van der Waals surface area (Å²) in [5, 5.41) is 36.2. The lowest BCUT2D eigenvalue weighted by Gasteiger charge is -2.15. The number of nitrogens with zero attached hydrogens (tertiary/aromatic N) is 1. The van der Waals surface area contributed by atoms with Crippen molar-refractivity contribution >= 4 is 0 Å². The van der Waals surface area contributed by atoms with E-state index in [1.165, 1.54) is 6.20 Å². The van der Waals surface area contributed by atoms with E-state index in [9.17, 15) is 5.11 Å². The summed E-state index contributed by atoms with van der Waals surface area (Å²) in [5.74, 6) is -2.14. The Morgan fingerprint density at radius 1 is 1.16 bits per heavy atom. The molecule has 1 aromatic heterocycles. The quantitative estimate of drug-likeness (QED) is 0.506. The Balaban J connectivity index is 2.05. The van der Waals surface area contributed by atoms with Gasteiger partial charge >= 0.3 is 0 Å². The van der Waals surface area contributed by atoms with Crippen LogP contribution < -0.4 is 0 Å². The molecular weight excluding hydrogens is 248 g/mol. The summed E-state index contributed by atoms with van der Waals surface area (Å²) in [5.41, 5.74) is 1.35. The molecule has 0 aliphatic heterocycles. The number of rotatable bonds is 5. The molecular formula is C13H16N2O4. The average Bonchev–Trinajstić information content (AvgIpc) is 2.86. The zero-order valence-corrected chi connectivity index (χ0v) is 10.2. The van der Waals surface area contributed by atoms with E-state index in [-0.39, 0.29) is 12.8 Å². The Morgan fingerprint density at radius 2 is 1.84 bits per heavy atom. The van der Waals surface area contributed by atoms with E-state index in [2.05, 4.69) is 9.97 Å². The van der Waals surface area contributed by atoms with Gasteiger partial charge in [0.15, 0.2) is 0 Å². The predicted octanol–water partition coefficient (Wildman–Crippen LogP) is 0.521. The van der Waals surface area contributed by atoms with Crippen molar-refractivity contribution in [3.8, 4) is 11.4 Å². The molecule has 2 aromatic rings. The van der Waals surface area contributed by atoms with Crippen LogP contribution in [0.5, 0.6) is 0 Å². The van der Waals surface area contributed by atoms with Gasteiger partial charge in [-0.05, 0) is 6.42 Å². The van der Waals surface area contributed by atoms with Gasteiger partial charge in [-0.2, -0.15) is 0 Å². The molecule has 5 N–H and O–H groups in total. The zero-order valence-electron chi connectivity index (χ0n) is 10.2. The van der Waals surface area contributed by atoms with Gasteiger partial charge in [0.2, 0.25) is 0 Å². The standard InChI is InChI=1S/C13H16N2O4/c16-11(6-7-13(17,18)19)10-8-14-12(15-10)9-4-2-1-3-5-9/h1-5,8,11,16-19H,6-7H2,(H,14,15). The minimum Gasteiger partial charge on any atom is -0.387 e. The van der Waals surface area contributed by atoms with E-state index in [0.29, 0.717) is 11.5 Å². The van der Waals surface area contributed by atoms with Crippen LogP contribution in [0.25, 0.3) is 11.4 Å². The van der Waals surface area contributed by atoms with E-state index in [1.807, 2.05) is 30.3 Å². The van der Waals surface area contributed by atoms with Crippen LogP contribution in [-0.4, -0.2) is 36.4 Å². The molecule has 0 aliphatic rings. The highest BCUT2D eigenvalue weighted by atomic mass is 16.7. The third-order valence-corrected chi connectivity index (χ3v) is 2.75. The number of benzene rings is 1. The summed E-state index contributed by atoms with van der Waals surface area (Å²) in [6, 6.07) is 9.42. The maximum atomic E-state index is 9.84. The molecule has 0 radical (unpaired) electrons. The van der Waals surface area contributed by atoms with Gasteiger partial charge in [0.1, 0.15) is 5.82 Å². The second-order valence-electron chi connectivity index (χ2n) is 4.38. The molecule has 1 atom stereocenters. The molecule has 0 saturated heterocycles. The van der Waals surface area contributed by atoms with Gasteiger partial charge in [0, 0.05) is 12.0 Å². The predicted molar refractivity (Wildman–Crippen MR) is 67.6 cm³/mol. The van der Waals surface area contributed by atoms with Crippen LogP contribution in [0.1, 0.15) is 24.6 Å². The van der Waals surface area contributed by atoms with Crippen molar-refractivity contribution in [2.24, 2.45) is 0 Å². The van der Waals surface area contributed by atoms with Crippen molar-refractivity contribution < 1.29 is 20.4 Å². The lowest BCUT2D eigenvalue weighted by Crippen LogP contribution is -2.27. The maximum Gasteiger partial charge on any atom is 0.275 e. The largest absolute Gasteiger partial charge is 0.387 e. The molecule has 6 nitrogen and oxygen atoms in total. The van der Waals surface area contributed by atoms with Crippen LogP contribution in [0.2, 0.25) is 0 Å². The molecule has 0 spiro atoms. The lowest BCUT2D eigenvalue weighted by molar-refractivity contribution is -0.316. The second kappa shape index (κ2) is 5.50. The topological polar surface area (TPSA) is 110 Å². The van der Waals surface area contributed by atoms with Gasteiger partial charge < -0.3 is 25.4 Å². The average molecular weight is 264 g/mol. The Kier molecular flexibility index (Phi) is 3.96. The molecule has 1 aromatic carbocycles. The number of aromatic nitrogens is 2.